The highest BCUT2D eigenvalue weighted by Gasteiger charge is 2.29. The van der Waals surface area contributed by atoms with Gasteiger partial charge in [-0.1, -0.05) is 17.7 Å². The van der Waals surface area contributed by atoms with Gasteiger partial charge in [0.1, 0.15) is 11.3 Å². The van der Waals surface area contributed by atoms with Crippen LogP contribution >= 0.6 is 0 Å². The first kappa shape index (κ1) is 16.6. The van der Waals surface area contributed by atoms with E-state index < -0.39 is 11.9 Å². The molecule has 0 spiro atoms. The van der Waals surface area contributed by atoms with Crippen LogP contribution in [-0.2, 0) is 9.47 Å². The molecule has 0 bridgehead atoms. The Morgan fingerprint density at radius 2 is 1.61 bits per heavy atom. The number of aromatic hydroxyl groups is 1. The average molecular weight is 317 g/mol. The van der Waals surface area contributed by atoms with E-state index in [0.29, 0.717) is 5.69 Å². The fourth-order valence-corrected chi connectivity index (χ4v) is 2.21. The van der Waals surface area contributed by atoms with Crippen molar-refractivity contribution in [1.29, 1.82) is 0 Å². The predicted octanol–water partition coefficient (Wildman–Crippen LogP) is 2.84. The summed E-state index contributed by atoms with van der Waals surface area (Å²) in [6.45, 7) is 5.54. The third-order valence-electron chi connectivity index (χ3n) is 3.25. The topological polar surface area (TPSA) is 77.8 Å². The van der Waals surface area contributed by atoms with Crippen LogP contribution in [0, 0.1) is 6.92 Å². The highest BCUT2D eigenvalue weighted by atomic mass is 16.5. The minimum absolute atomic E-state index is 0.0494. The molecule has 0 aliphatic carbocycles. The summed E-state index contributed by atoms with van der Waals surface area (Å²) in [7, 11) is 0. The molecule has 23 heavy (non-hydrogen) atoms. The molecule has 0 amide bonds. The van der Waals surface area contributed by atoms with Crippen molar-refractivity contribution in [2.45, 2.75) is 20.8 Å². The van der Waals surface area contributed by atoms with E-state index in [0.717, 1.165) is 5.56 Å². The molecule has 0 saturated carbocycles. The summed E-state index contributed by atoms with van der Waals surface area (Å²) < 4.78 is 11.4. The van der Waals surface area contributed by atoms with Crippen LogP contribution in [0.15, 0.2) is 30.5 Å². The molecule has 0 saturated heterocycles. The largest absolute Gasteiger partial charge is 0.505 e. The lowest BCUT2D eigenvalue weighted by atomic mass is 10.2. The fourth-order valence-electron chi connectivity index (χ4n) is 2.21. The van der Waals surface area contributed by atoms with Gasteiger partial charge in [-0.05, 0) is 32.9 Å². The number of nitrogens with zero attached hydrogens (tertiary/aromatic N) is 1. The first-order chi connectivity index (χ1) is 11.0. The molecule has 0 aliphatic heterocycles. The van der Waals surface area contributed by atoms with Gasteiger partial charge in [0.05, 0.1) is 19.4 Å². The van der Waals surface area contributed by atoms with E-state index in [1.165, 1.54) is 10.8 Å². The maximum Gasteiger partial charge on any atom is 0.356 e. The number of carbonyl (C=O) groups excluding carboxylic acids is 2. The van der Waals surface area contributed by atoms with Gasteiger partial charge >= 0.3 is 11.9 Å². The molecule has 6 heteroatoms. The van der Waals surface area contributed by atoms with Crippen molar-refractivity contribution < 1.29 is 24.2 Å². The van der Waals surface area contributed by atoms with E-state index in [1.807, 2.05) is 19.1 Å². The normalized spacial score (nSPS) is 10.4. The number of ether oxygens (including phenoxy) is 2. The Bertz CT molecular complexity index is 715. The first-order valence-corrected chi connectivity index (χ1v) is 7.35. The minimum atomic E-state index is -0.765. The molecule has 1 aromatic heterocycles. The van der Waals surface area contributed by atoms with Crippen molar-refractivity contribution in [1.82, 2.24) is 4.57 Å². The Morgan fingerprint density at radius 3 is 2.17 bits per heavy atom. The number of aromatic nitrogens is 1. The highest BCUT2D eigenvalue weighted by Crippen LogP contribution is 2.28. The van der Waals surface area contributed by atoms with Crippen LogP contribution in [0.3, 0.4) is 0 Å². The second kappa shape index (κ2) is 7.00. The molecule has 6 nitrogen and oxygen atoms in total. The van der Waals surface area contributed by atoms with Crippen LogP contribution in [-0.4, -0.2) is 34.8 Å². The molecular formula is C17H19NO5. The van der Waals surface area contributed by atoms with E-state index in [1.54, 1.807) is 26.0 Å². The van der Waals surface area contributed by atoms with Gasteiger partial charge in [0.25, 0.3) is 0 Å². The summed E-state index contributed by atoms with van der Waals surface area (Å²) in [5.74, 6) is -1.79. The zero-order chi connectivity index (χ0) is 17.0. The first-order valence-electron chi connectivity index (χ1n) is 7.35. The number of carbonyl (C=O) groups is 2. The Morgan fingerprint density at radius 1 is 1.04 bits per heavy atom. The lowest BCUT2D eigenvalue weighted by Gasteiger charge is -2.10. The summed E-state index contributed by atoms with van der Waals surface area (Å²) in [5, 5.41) is 10.1. The zero-order valence-electron chi connectivity index (χ0n) is 13.3. The van der Waals surface area contributed by atoms with Crippen molar-refractivity contribution in [2.75, 3.05) is 13.2 Å². The lowest BCUT2D eigenvalue weighted by molar-refractivity contribution is 0.0471. The van der Waals surface area contributed by atoms with Crippen molar-refractivity contribution in [3.05, 3.63) is 47.3 Å². The molecule has 1 heterocycles. The summed E-state index contributed by atoms with van der Waals surface area (Å²) in [6, 6.07) is 7.30. The summed E-state index contributed by atoms with van der Waals surface area (Å²) >= 11 is 0. The third-order valence-corrected chi connectivity index (χ3v) is 3.25. The SMILES string of the molecule is CCOC(=O)c1c(O)cn(-c2ccc(C)cc2)c1C(=O)OCC. The molecule has 0 fully saturated rings. The Balaban J connectivity index is 2.62. The van der Waals surface area contributed by atoms with Gasteiger partial charge in [0.2, 0.25) is 0 Å². The Kier molecular flexibility index (Phi) is 5.05. The van der Waals surface area contributed by atoms with Crippen LogP contribution < -0.4 is 0 Å². The quantitative estimate of drug-likeness (QED) is 0.858. The van der Waals surface area contributed by atoms with Gasteiger partial charge in [0, 0.05) is 5.69 Å². The van der Waals surface area contributed by atoms with Crippen LogP contribution in [0.4, 0.5) is 0 Å². The molecule has 0 atom stereocenters. The standard InChI is InChI=1S/C17H19NO5/c1-4-22-16(20)14-13(19)10-18(15(14)17(21)23-5-2)12-8-6-11(3)7-9-12/h6-10,19H,4-5H2,1-3H3. The van der Waals surface area contributed by atoms with Crippen LogP contribution in [0.5, 0.6) is 5.75 Å². The van der Waals surface area contributed by atoms with Gasteiger partial charge in [-0.15, -0.1) is 0 Å². The van der Waals surface area contributed by atoms with Crippen molar-refractivity contribution in [3.63, 3.8) is 0 Å². The molecule has 0 radical (unpaired) electrons. The van der Waals surface area contributed by atoms with E-state index >= 15 is 0 Å². The number of hydrogen-bond donors (Lipinski definition) is 1. The third kappa shape index (κ3) is 3.36. The summed E-state index contributed by atoms with van der Waals surface area (Å²) in [6.07, 6.45) is 1.31. The van der Waals surface area contributed by atoms with Gasteiger partial charge < -0.3 is 19.1 Å². The van der Waals surface area contributed by atoms with E-state index in [9.17, 15) is 14.7 Å². The highest BCUT2D eigenvalue weighted by molar-refractivity contribution is 6.05. The van der Waals surface area contributed by atoms with E-state index in [4.69, 9.17) is 9.47 Å². The number of benzene rings is 1. The molecule has 1 aromatic carbocycles. The fraction of sp³-hybridized carbons (Fsp3) is 0.294. The van der Waals surface area contributed by atoms with Crippen molar-refractivity contribution in [3.8, 4) is 11.4 Å². The number of rotatable bonds is 5. The van der Waals surface area contributed by atoms with E-state index in [-0.39, 0.29) is 30.2 Å². The van der Waals surface area contributed by atoms with Gasteiger partial charge in [0.15, 0.2) is 5.69 Å². The number of aryl methyl sites for hydroxylation is 1. The molecular weight excluding hydrogens is 298 g/mol. The second-order valence-electron chi connectivity index (χ2n) is 4.88. The van der Waals surface area contributed by atoms with Gasteiger partial charge in [-0.2, -0.15) is 0 Å². The smallest absolute Gasteiger partial charge is 0.356 e. The van der Waals surface area contributed by atoms with Crippen molar-refractivity contribution >= 4 is 11.9 Å². The van der Waals surface area contributed by atoms with Crippen LogP contribution in [0.1, 0.15) is 40.3 Å². The molecule has 0 unspecified atom stereocenters. The summed E-state index contributed by atoms with van der Waals surface area (Å²) in [5.41, 5.74) is 1.44. The number of esters is 2. The van der Waals surface area contributed by atoms with Gasteiger partial charge in [-0.25, -0.2) is 9.59 Å². The van der Waals surface area contributed by atoms with E-state index in [2.05, 4.69) is 0 Å². The molecule has 2 rings (SSSR count). The lowest BCUT2D eigenvalue weighted by Crippen LogP contribution is -2.16. The number of hydrogen-bond acceptors (Lipinski definition) is 5. The Labute approximate surface area is 134 Å². The molecule has 1 N–H and O–H groups in total. The van der Waals surface area contributed by atoms with Gasteiger partial charge in [-0.3, -0.25) is 0 Å². The average Bonchev–Trinajstić information content (AvgIpc) is 2.86. The molecule has 2 aromatic rings. The summed E-state index contributed by atoms with van der Waals surface area (Å²) in [4.78, 5) is 24.4. The molecule has 122 valence electrons. The van der Waals surface area contributed by atoms with Crippen LogP contribution in [0.25, 0.3) is 5.69 Å². The Hall–Kier alpha value is -2.76. The predicted molar refractivity (Wildman–Crippen MR) is 84.1 cm³/mol. The van der Waals surface area contributed by atoms with Crippen molar-refractivity contribution in [2.24, 2.45) is 0 Å². The van der Waals surface area contributed by atoms with Crippen LogP contribution in [0.2, 0.25) is 0 Å². The maximum atomic E-state index is 12.3. The molecule has 0 aliphatic rings. The second-order valence-corrected chi connectivity index (χ2v) is 4.88. The monoisotopic (exact) mass is 317 g/mol. The minimum Gasteiger partial charge on any atom is -0.505 e. The maximum absolute atomic E-state index is 12.3. The zero-order valence-corrected chi connectivity index (χ0v) is 13.3.